The summed E-state index contributed by atoms with van der Waals surface area (Å²) in [6, 6.07) is 2.90. The summed E-state index contributed by atoms with van der Waals surface area (Å²) in [6.07, 6.45) is 4.95. The van der Waals surface area contributed by atoms with E-state index in [4.69, 9.17) is 0 Å². The molecule has 0 fully saturated rings. The van der Waals surface area contributed by atoms with Crippen molar-refractivity contribution >= 4 is 27.5 Å². The Kier molecular flexibility index (Phi) is 6.38. The highest BCUT2D eigenvalue weighted by Crippen LogP contribution is 2.27. The quantitative estimate of drug-likeness (QED) is 0.701. The van der Waals surface area contributed by atoms with Gasteiger partial charge in [0.15, 0.2) is 0 Å². The first-order chi connectivity index (χ1) is 13.4. The molecule has 0 saturated heterocycles. The largest absolute Gasteiger partial charge is 0.347 e. The summed E-state index contributed by atoms with van der Waals surface area (Å²) in [4.78, 5) is 26.3. The van der Waals surface area contributed by atoms with E-state index in [0.29, 0.717) is 29.4 Å². The highest BCUT2D eigenvalue weighted by Gasteiger charge is 2.25. The average Bonchev–Trinajstić information content (AvgIpc) is 2.93. The number of nitrogens with zero attached hydrogens (tertiary/aromatic N) is 1. The number of amides is 1. The molecular weight excluding hydrogens is 423 g/mol. The van der Waals surface area contributed by atoms with E-state index in [1.54, 1.807) is 0 Å². The zero-order valence-corrected chi connectivity index (χ0v) is 18.2. The Bertz CT molecular complexity index is 956. The van der Waals surface area contributed by atoms with Crippen molar-refractivity contribution in [2.24, 2.45) is 0 Å². The van der Waals surface area contributed by atoms with Crippen LogP contribution >= 0.6 is 15.9 Å². The molecule has 0 bridgehead atoms. The molecule has 0 saturated carbocycles. The average molecular weight is 449 g/mol. The monoisotopic (exact) mass is 448 g/mol. The molecule has 0 unspecified atom stereocenters. The number of halogens is 2. The van der Waals surface area contributed by atoms with Gasteiger partial charge in [0.2, 0.25) is 5.43 Å². The standard InChI is InChI=1S/C22H26BrFN2O2/c1-4-14-11-16(24)12-15(5-2)20(14)25-22(28)18-17-9-7-6-8-10-26(17)13(3)19(23)21(18)27/h11-12H,4-10H2,1-3H3,(H,25,28). The van der Waals surface area contributed by atoms with Crippen molar-refractivity contribution in [3.8, 4) is 0 Å². The van der Waals surface area contributed by atoms with Gasteiger partial charge in [-0.3, -0.25) is 9.59 Å². The molecule has 1 aromatic carbocycles. The lowest BCUT2D eigenvalue weighted by molar-refractivity contribution is 0.102. The number of aromatic nitrogens is 1. The Balaban J connectivity index is 2.13. The number of benzene rings is 1. The van der Waals surface area contributed by atoms with Crippen molar-refractivity contribution < 1.29 is 9.18 Å². The first-order valence-electron chi connectivity index (χ1n) is 9.93. The molecule has 1 N–H and O–H groups in total. The van der Waals surface area contributed by atoms with Crippen molar-refractivity contribution in [2.75, 3.05) is 5.32 Å². The predicted octanol–water partition coefficient (Wildman–Crippen LogP) is 5.16. The van der Waals surface area contributed by atoms with Crippen LogP contribution in [0.25, 0.3) is 0 Å². The lowest BCUT2D eigenvalue weighted by atomic mass is 10.0. The van der Waals surface area contributed by atoms with Gasteiger partial charge in [-0.25, -0.2) is 4.39 Å². The van der Waals surface area contributed by atoms with Gasteiger partial charge in [0, 0.05) is 23.6 Å². The van der Waals surface area contributed by atoms with Crippen molar-refractivity contribution in [3.63, 3.8) is 0 Å². The molecule has 0 atom stereocenters. The second kappa shape index (κ2) is 8.60. The molecule has 0 radical (unpaired) electrons. The van der Waals surface area contributed by atoms with Crippen molar-refractivity contribution in [2.45, 2.75) is 65.8 Å². The number of nitrogens with one attached hydrogen (secondary N) is 1. The second-order valence-corrected chi connectivity index (χ2v) is 8.07. The van der Waals surface area contributed by atoms with E-state index in [2.05, 4.69) is 25.8 Å². The molecule has 2 heterocycles. The molecule has 28 heavy (non-hydrogen) atoms. The van der Waals surface area contributed by atoms with Crippen LogP contribution in [0.2, 0.25) is 0 Å². The zero-order valence-electron chi connectivity index (χ0n) is 16.6. The minimum Gasteiger partial charge on any atom is -0.347 e. The van der Waals surface area contributed by atoms with Gasteiger partial charge in [0.05, 0.1) is 4.47 Å². The van der Waals surface area contributed by atoms with E-state index in [9.17, 15) is 14.0 Å². The summed E-state index contributed by atoms with van der Waals surface area (Å²) in [5.41, 5.74) is 3.70. The number of carbonyl (C=O) groups is 1. The van der Waals surface area contributed by atoms with Gasteiger partial charge in [-0.15, -0.1) is 0 Å². The normalized spacial score (nSPS) is 13.8. The summed E-state index contributed by atoms with van der Waals surface area (Å²) >= 11 is 3.39. The smallest absolute Gasteiger partial charge is 0.261 e. The maximum atomic E-state index is 13.9. The van der Waals surface area contributed by atoms with E-state index >= 15 is 0 Å². The fourth-order valence-corrected chi connectivity index (χ4v) is 4.43. The number of fused-ring (bicyclic) bond motifs is 1. The van der Waals surface area contributed by atoms with Gasteiger partial charge < -0.3 is 9.88 Å². The number of hydrogen-bond acceptors (Lipinski definition) is 2. The van der Waals surface area contributed by atoms with Gasteiger partial charge in [-0.05, 0) is 78.2 Å². The van der Waals surface area contributed by atoms with Crippen LogP contribution in [0.3, 0.4) is 0 Å². The van der Waals surface area contributed by atoms with Crippen molar-refractivity contribution in [3.05, 3.63) is 60.7 Å². The Labute approximate surface area is 173 Å². The van der Waals surface area contributed by atoms with Gasteiger partial charge in [-0.2, -0.15) is 0 Å². The summed E-state index contributed by atoms with van der Waals surface area (Å²) in [5, 5.41) is 2.94. The minimum absolute atomic E-state index is 0.202. The molecule has 1 aromatic heterocycles. The predicted molar refractivity (Wildman–Crippen MR) is 114 cm³/mol. The first-order valence-corrected chi connectivity index (χ1v) is 10.7. The number of rotatable bonds is 4. The Morgan fingerprint density at radius 1 is 1.18 bits per heavy atom. The second-order valence-electron chi connectivity index (χ2n) is 7.27. The number of aryl methyl sites for hydroxylation is 2. The van der Waals surface area contributed by atoms with Crippen molar-refractivity contribution in [1.82, 2.24) is 4.57 Å². The Hall–Kier alpha value is -1.95. The lowest BCUT2D eigenvalue weighted by Gasteiger charge is -2.20. The number of carbonyl (C=O) groups excluding carboxylic acids is 1. The fraction of sp³-hybridized carbons (Fsp3) is 0.455. The molecule has 4 nitrogen and oxygen atoms in total. The molecule has 1 aliphatic heterocycles. The molecule has 2 aromatic rings. The highest BCUT2D eigenvalue weighted by atomic mass is 79.9. The molecule has 1 aliphatic rings. The van der Waals surface area contributed by atoms with Crippen LogP contribution in [0.4, 0.5) is 10.1 Å². The first kappa shape index (κ1) is 20.8. The topological polar surface area (TPSA) is 51.1 Å². The number of hydrogen-bond donors (Lipinski definition) is 1. The zero-order chi connectivity index (χ0) is 20.4. The van der Waals surface area contributed by atoms with E-state index in [0.717, 1.165) is 48.3 Å². The van der Waals surface area contributed by atoms with Crippen LogP contribution in [0.1, 0.15) is 66.0 Å². The van der Waals surface area contributed by atoms with E-state index in [-0.39, 0.29) is 16.8 Å². The minimum atomic E-state index is -0.410. The summed E-state index contributed by atoms with van der Waals surface area (Å²) in [7, 11) is 0. The van der Waals surface area contributed by atoms with Crippen LogP contribution in [0.15, 0.2) is 21.4 Å². The third kappa shape index (κ3) is 3.79. The maximum Gasteiger partial charge on any atom is 0.261 e. The summed E-state index contributed by atoms with van der Waals surface area (Å²) in [5.74, 6) is -0.717. The molecule has 1 amide bonds. The van der Waals surface area contributed by atoms with Gasteiger partial charge in [0.1, 0.15) is 11.4 Å². The van der Waals surface area contributed by atoms with E-state index in [1.807, 2.05) is 20.8 Å². The number of anilines is 1. The molecule has 0 spiro atoms. The molecule has 3 rings (SSSR count). The molecule has 150 valence electrons. The molecular formula is C22H26BrFN2O2. The van der Waals surface area contributed by atoms with Gasteiger partial charge >= 0.3 is 0 Å². The third-order valence-electron chi connectivity index (χ3n) is 5.55. The SMILES string of the molecule is CCc1cc(F)cc(CC)c1NC(=O)c1c2n(c(C)c(Br)c1=O)CCCCC2. The van der Waals surface area contributed by atoms with E-state index < -0.39 is 5.91 Å². The molecule has 6 heteroatoms. The maximum absolute atomic E-state index is 13.9. The van der Waals surface area contributed by atoms with Crippen molar-refractivity contribution in [1.29, 1.82) is 0 Å². The van der Waals surface area contributed by atoms with Gasteiger partial charge in [-0.1, -0.05) is 20.3 Å². The van der Waals surface area contributed by atoms with Crippen LogP contribution in [-0.2, 0) is 25.8 Å². The highest BCUT2D eigenvalue weighted by molar-refractivity contribution is 9.10. The van der Waals surface area contributed by atoms with E-state index in [1.165, 1.54) is 12.1 Å². The lowest BCUT2D eigenvalue weighted by Crippen LogP contribution is -2.29. The van der Waals surface area contributed by atoms with Gasteiger partial charge in [0.25, 0.3) is 5.91 Å². The Morgan fingerprint density at radius 3 is 2.43 bits per heavy atom. The Morgan fingerprint density at radius 2 is 1.82 bits per heavy atom. The molecule has 0 aliphatic carbocycles. The van der Waals surface area contributed by atoms with Crippen LogP contribution in [0, 0.1) is 12.7 Å². The van der Waals surface area contributed by atoms with Crippen LogP contribution < -0.4 is 10.7 Å². The van der Waals surface area contributed by atoms with Crippen LogP contribution in [0.5, 0.6) is 0 Å². The summed E-state index contributed by atoms with van der Waals surface area (Å²) in [6.45, 7) is 6.56. The summed E-state index contributed by atoms with van der Waals surface area (Å²) < 4.78 is 16.4. The number of pyridine rings is 1. The third-order valence-corrected chi connectivity index (χ3v) is 6.49. The fourth-order valence-electron chi connectivity index (χ4n) is 4.02. The van der Waals surface area contributed by atoms with Crippen LogP contribution in [-0.4, -0.2) is 10.5 Å².